The van der Waals surface area contributed by atoms with Crippen LogP contribution in [0.1, 0.15) is 38.5 Å². The van der Waals surface area contributed by atoms with Gasteiger partial charge in [-0.3, -0.25) is 19.4 Å². The third-order valence-corrected chi connectivity index (χ3v) is 7.38. The van der Waals surface area contributed by atoms with Crippen molar-refractivity contribution in [1.82, 2.24) is 21.3 Å². The third kappa shape index (κ3) is 20.0. The van der Waals surface area contributed by atoms with Gasteiger partial charge in [-0.1, -0.05) is 44.6 Å². The van der Waals surface area contributed by atoms with Crippen LogP contribution in [0, 0.1) is 17.8 Å². The molecule has 0 spiro atoms. The molecule has 4 aliphatic rings. The molecule has 0 aromatic carbocycles. The molecule has 0 aromatic rings. The number of nitrogens with zero attached hydrogens (tertiary/aromatic N) is 4. The Morgan fingerprint density at radius 3 is 1.43 bits per heavy atom. The molecule has 275 valence electrons. The van der Waals surface area contributed by atoms with Crippen LogP contribution < -0.4 is 26.4 Å². The number of rotatable bonds is 10. The molecule has 0 aromatic heterocycles. The Kier molecular flexibility index (Phi) is 34.3. The number of hydrogen-bond acceptors (Lipinski definition) is 6. The number of aliphatic imine (C=N–C) groups is 1. The molecule has 46 heavy (non-hydrogen) atoms. The molecular formula is C28H51Cu3N10O5+. The number of piperidine rings is 3. The zero-order valence-corrected chi connectivity index (χ0v) is 28.9. The molecule has 0 saturated carbocycles. The Hall–Kier alpha value is -1.52. The second-order valence-electron chi connectivity index (χ2n) is 10.3. The van der Waals surface area contributed by atoms with Gasteiger partial charge in [0.2, 0.25) is 17.7 Å². The number of dihydropyridines is 1. The number of carbonyl (C=O) groups is 3. The predicted octanol–water partition coefficient (Wildman–Crippen LogP) is 0.979. The number of nitrogens with one attached hydrogen (secondary N) is 4. The summed E-state index contributed by atoms with van der Waals surface area (Å²) in [5, 5.41) is 36.0. The molecule has 15 nitrogen and oxygen atoms in total. The monoisotopic (exact) mass is 796 g/mol. The van der Waals surface area contributed by atoms with E-state index >= 15 is 0 Å². The second kappa shape index (κ2) is 30.8. The van der Waals surface area contributed by atoms with E-state index in [2.05, 4.69) is 42.2 Å². The van der Waals surface area contributed by atoms with E-state index in [0.717, 1.165) is 77.8 Å². The van der Waals surface area contributed by atoms with Gasteiger partial charge in [-0.2, -0.15) is 0 Å². The molecule has 0 atom stereocenters. The van der Waals surface area contributed by atoms with E-state index in [4.69, 9.17) is 0 Å². The molecule has 4 aliphatic heterocycles. The minimum Gasteiger partial charge on any atom is -0.859 e. The summed E-state index contributed by atoms with van der Waals surface area (Å²) in [4.78, 5) is 39.5. The maximum atomic E-state index is 11.9. The van der Waals surface area contributed by atoms with Crippen molar-refractivity contribution >= 4 is 23.6 Å². The minimum absolute atomic E-state index is 0. The quantitative estimate of drug-likeness (QED) is 0.0825. The first-order valence-electron chi connectivity index (χ1n) is 14.6. The van der Waals surface area contributed by atoms with Crippen molar-refractivity contribution in [2.45, 2.75) is 38.5 Å². The van der Waals surface area contributed by atoms with Gasteiger partial charge in [0, 0.05) is 43.9 Å². The molecule has 3 saturated heterocycles. The summed E-state index contributed by atoms with van der Waals surface area (Å²) in [6, 6.07) is 0. The van der Waals surface area contributed by atoms with E-state index in [0.29, 0.717) is 38.3 Å². The zero-order valence-electron chi connectivity index (χ0n) is 26.0. The van der Waals surface area contributed by atoms with Crippen LogP contribution in [0.4, 0.5) is 0 Å². The summed E-state index contributed by atoms with van der Waals surface area (Å²) in [5.41, 5.74) is 0.601. The standard InChI is InChI=1S/C14H24N4O2.C14H21N4O2.3Cu.2H2N.H2O/c2*19-13(11-1-5-15-6-2-11)17-9-10-18-14(20)12-3-7-16-8-4-12;;;;;;/h11-12H,1-10H2,(H,17,19)(H,18,20);1-2,5,12,15H,3-4,6-10H2,(H,17,19)(H,18,20);;;;3*1H2/q-2;-1;3*+2;2*-1;. The van der Waals surface area contributed by atoms with E-state index < -0.39 is 0 Å². The first-order valence-corrected chi connectivity index (χ1v) is 14.6. The Balaban J connectivity index is -0.000000339. The van der Waals surface area contributed by atoms with Crippen molar-refractivity contribution in [3.8, 4) is 0 Å². The van der Waals surface area contributed by atoms with Gasteiger partial charge < -0.3 is 60.1 Å². The average Bonchev–Trinajstić information content (AvgIpc) is 3.03. The summed E-state index contributed by atoms with van der Waals surface area (Å²) in [6.45, 7) is 7.12. The van der Waals surface area contributed by atoms with E-state index in [1.54, 1.807) is 18.4 Å². The molecule has 0 unspecified atom stereocenters. The smallest absolute Gasteiger partial charge is 0.859 e. The van der Waals surface area contributed by atoms with Crippen LogP contribution in [-0.2, 0) is 71.1 Å². The zero-order chi connectivity index (χ0) is 28.4. The molecule has 4 heterocycles. The van der Waals surface area contributed by atoms with Crippen LogP contribution >= 0.6 is 0 Å². The van der Waals surface area contributed by atoms with Crippen molar-refractivity contribution in [1.29, 1.82) is 0 Å². The van der Waals surface area contributed by atoms with Gasteiger partial charge in [-0.25, -0.2) is 0 Å². The van der Waals surface area contributed by atoms with Crippen LogP contribution in [0.3, 0.4) is 0 Å². The Morgan fingerprint density at radius 1 is 0.717 bits per heavy atom. The van der Waals surface area contributed by atoms with E-state index in [1.165, 1.54) is 0 Å². The predicted molar refractivity (Wildman–Crippen MR) is 169 cm³/mol. The first-order chi connectivity index (χ1) is 19.5. The van der Waals surface area contributed by atoms with Crippen molar-refractivity contribution in [2.24, 2.45) is 22.7 Å². The Morgan fingerprint density at radius 2 is 1.09 bits per heavy atom. The fourth-order valence-electron chi connectivity index (χ4n) is 4.88. The van der Waals surface area contributed by atoms with Gasteiger partial charge in [-0.15, -0.1) is 39.3 Å². The van der Waals surface area contributed by atoms with Crippen molar-refractivity contribution < 1.29 is 76.2 Å². The van der Waals surface area contributed by atoms with Gasteiger partial charge in [0.05, 0.1) is 6.54 Å². The van der Waals surface area contributed by atoms with Gasteiger partial charge in [-0.05, 0) is 23.7 Å². The topological polar surface area (TPSA) is 277 Å². The van der Waals surface area contributed by atoms with E-state index in [-0.39, 0.29) is 110 Å². The normalized spacial score (nSPS) is 18.1. The van der Waals surface area contributed by atoms with Crippen LogP contribution in [0.25, 0.3) is 28.3 Å². The van der Waals surface area contributed by atoms with E-state index in [9.17, 15) is 19.5 Å². The van der Waals surface area contributed by atoms with Crippen LogP contribution in [0.2, 0.25) is 0 Å². The summed E-state index contributed by atoms with van der Waals surface area (Å²) < 4.78 is 0. The number of nitrogens with two attached hydrogens (primary N) is 2. The van der Waals surface area contributed by atoms with Crippen molar-refractivity contribution in [3.05, 3.63) is 52.2 Å². The van der Waals surface area contributed by atoms with Gasteiger partial charge in [0.1, 0.15) is 0 Å². The fraction of sp³-hybridized carbons (Fsp3) is 0.714. The Labute approximate surface area is 305 Å². The molecule has 3 fully saturated rings. The summed E-state index contributed by atoms with van der Waals surface area (Å²) in [5.74, 6) is 0.304. The molecule has 0 aliphatic carbocycles. The van der Waals surface area contributed by atoms with E-state index in [1.807, 2.05) is 0 Å². The van der Waals surface area contributed by atoms with Gasteiger partial charge >= 0.3 is 51.2 Å². The van der Waals surface area contributed by atoms with Crippen LogP contribution in [0.15, 0.2) is 28.9 Å². The van der Waals surface area contributed by atoms with Crippen molar-refractivity contribution in [2.75, 3.05) is 72.0 Å². The minimum atomic E-state index is -0.228. The summed E-state index contributed by atoms with van der Waals surface area (Å²) in [6.07, 6.45) is 10.3. The molecule has 11 N–H and O–H groups in total. The molecule has 0 bridgehead atoms. The van der Waals surface area contributed by atoms with Gasteiger partial charge in [0.25, 0.3) is 0 Å². The molecule has 18 heteroatoms. The number of hydrogen-bond donors (Lipinski definition) is 4. The maximum Gasteiger partial charge on any atom is 2.00 e. The SMILES string of the molecule is O=C(NCCN=C([O-])C1=CCNC=C1)C1CC[N-]CC1.O=C(NCCNC(=O)C1CC[N-]CC1)C1CC[N-]CC1.[Cu+2].[Cu+2].[Cu+2].[NH2-].[NH2-].[OH3+]. The fourth-order valence-corrected chi connectivity index (χ4v) is 4.88. The number of carbonyl (C=O) groups excluding carboxylic acids is 3. The summed E-state index contributed by atoms with van der Waals surface area (Å²) >= 11 is 0. The Bertz CT molecular complexity index is 880. The maximum absolute atomic E-state index is 11.9. The third-order valence-electron chi connectivity index (χ3n) is 7.38. The largest absolute Gasteiger partial charge is 2.00 e. The van der Waals surface area contributed by atoms with Crippen LogP contribution in [-0.4, -0.2) is 95.6 Å². The number of amides is 3. The molecule has 4 rings (SSSR count). The molecule has 3 amide bonds. The average molecular weight is 798 g/mol. The first kappa shape index (κ1) is 51.3. The second-order valence-corrected chi connectivity index (χ2v) is 10.3. The van der Waals surface area contributed by atoms with Crippen molar-refractivity contribution in [3.63, 3.8) is 0 Å². The molecular weight excluding hydrogens is 747 g/mol. The van der Waals surface area contributed by atoms with Crippen LogP contribution in [0.5, 0.6) is 0 Å². The van der Waals surface area contributed by atoms with Gasteiger partial charge in [0.15, 0.2) is 0 Å². The molecule has 3 radical (unpaired) electrons. The summed E-state index contributed by atoms with van der Waals surface area (Å²) in [7, 11) is 0.